The van der Waals surface area contributed by atoms with Gasteiger partial charge in [0.05, 0.1) is 11.1 Å². The summed E-state index contributed by atoms with van der Waals surface area (Å²) in [4.78, 5) is 55.1. The molecule has 0 unspecified atom stereocenters. The molecule has 2 aromatic carbocycles. The van der Waals surface area contributed by atoms with Crippen LogP contribution in [-0.4, -0.2) is 69.8 Å². The van der Waals surface area contributed by atoms with Crippen LogP contribution in [0.25, 0.3) is 10.9 Å². The zero-order valence-corrected chi connectivity index (χ0v) is 20.4. The van der Waals surface area contributed by atoms with Crippen molar-refractivity contribution in [2.75, 3.05) is 26.2 Å². The largest absolute Gasteiger partial charge is 0.443 e. The maximum Gasteiger partial charge on any atom is 0.419 e. The Balaban J connectivity index is 1.54. The molecule has 1 aromatic heterocycles. The van der Waals surface area contributed by atoms with Crippen molar-refractivity contribution in [1.82, 2.24) is 14.4 Å². The predicted octanol–water partition coefficient (Wildman–Crippen LogP) is 3.90. The van der Waals surface area contributed by atoms with Gasteiger partial charge in [0.2, 0.25) is 0 Å². The fourth-order valence-electron chi connectivity index (χ4n) is 4.23. The molecule has 3 aromatic rings. The SMILES string of the molecule is Cc1cccc2c(C(=O)C(=O)N3CCN(C(=O)c4ccccc4)CC3)cn(C(=O)OC(C)(C)C)c12. The minimum Gasteiger partial charge on any atom is -0.443 e. The molecule has 0 bridgehead atoms. The first-order valence-electron chi connectivity index (χ1n) is 11.6. The standard InChI is InChI=1S/C27H29N3O5/c1-18-9-8-12-20-21(17-30(22(18)20)26(34)35-27(2,3)4)23(31)25(33)29-15-13-28(14-16-29)24(32)19-10-6-5-7-11-19/h5-12,17H,13-16H2,1-4H3. The highest BCUT2D eigenvalue weighted by Crippen LogP contribution is 2.27. The molecule has 1 aliphatic heterocycles. The summed E-state index contributed by atoms with van der Waals surface area (Å²) in [5, 5.41) is 0.520. The number of nitrogens with zero attached hydrogens (tertiary/aromatic N) is 3. The van der Waals surface area contributed by atoms with Gasteiger partial charge < -0.3 is 14.5 Å². The number of Topliss-reactive ketones (excluding diaryl/α,β-unsaturated/α-hetero) is 1. The first-order chi connectivity index (χ1) is 16.6. The lowest BCUT2D eigenvalue weighted by Crippen LogP contribution is -2.52. The summed E-state index contributed by atoms with van der Waals surface area (Å²) >= 11 is 0. The van der Waals surface area contributed by atoms with E-state index in [-0.39, 0.29) is 24.6 Å². The zero-order valence-electron chi connectivity index (χ0n) is 20.4. The Morgan fingerprint density at radius 2 is 1.46 bits per heavy atom. The highest BCUT2D eigenvalue weighted by Gasteiger charge is 2.32. The van der Waals surface area contributed by atoms with Crippen LogP contribution in [0, 0.1) is 6.92 Å². The van der Waals surface area contributed by atoms with E-state index in [9.17, 15) is 19.2 Å². The van der Waals surface area contributed by atoms with Gasteiger partial charge in [0, 0.05) is 43.3 Å². The number of rotatable bonds is 3. The van der Waals surface area contributed by atoms with Crippen molar-refractivity contribution in [2.24, 2.45) is 0 Å². The molecule has 182 valence electrons. The smallest absolute Gasteiger partial charge is 0.419 e. The van der Waals surface area contributed by atoms with Gasteiger partial charge in [-0.1, -0.05) is 36.4 Å². The number of para-hydroxylation sites is 1. The van der Waals surface area contributed by atoms with Crippen LogP contribution >= 0.6 is 0 Å². The third kappa shape index (κ3) is 4.96. The Hall–Kier alpha value is -3.94. The van der Waals surface area contributed by atoms with Crippen molar-refractivity contribution in [1.29, 1.82) is 0 Å². The van der Waals surface area contributed by atoms with E-state index in [0.717, 1.165) is 5.56 Å². The van der Waals surface area contributed by atoms with Gasteiger partial charge in [-0.05, 0) is 45.4 Å². The number of ketones is 1. The second kappa shape index (κ2) is 9.37. The first kappa shape index (κ1) is 24.2. The van der Waals surface area contributed by atoms with E-state index in [0.29, 0.717) is 29.6 Å². The van der Waals surface area contributed by atoms with Gasteiger partial charge in [-0.25, -0.2) is 4.79 Å². The number of hydrogen-bond donors (Lipinski definition) is 0. The number of hydrogen-bond acceptors (Lipinski definition) is 5. The summed E-state index contributed by atoms with van der Waals surface area (Å²) in [5.41, 5.74) is 1.35. The molecule has 0 atom stereocenters. The van der Waals surface area contributed by atoms with E-state index in [2.05, 4.69) is 0 Å². The number of fused-ring (bicyclic) bond motifs is 1. The fourth-order valence-corrected chi connectivity index (χ4v) is 4.23. The van der Waals surface area contributed by atoms with Crippen molar-refractivity contribution >= 4 is 34.6 Å². The summed E-state index contributed by atoms with van der Waals surface area (Å²) in [6.07, 6.45) is 0.776. The predicted molar refractivity (Wildman–Crippen MR) is 132 cm³/mol. The van der Waals surface area contributed by atoms with Crippen LogP contribution in [0.4, 0.5) is 4.79 Å². The maximum absolute atomic E-state index is 13.3. The second-order valence-electron chi connectivity index (χ2n) is 9.64. The molecule has 8 nitrogen and oxygen atoms in total. The molecule has 8 heteroatoms. The number of carbonyl (C=O) groups excluding carboxylic acids is 4. The van der Waals surface area contributed by atoms with E-state index >= 15 is 0 Å². The van der Waals surface area contributed by atoms with Crippen LogP contribution in [0.5, 0.6) is 0 Å². The fraction of sp³-hybridized carbons (Fsp3) is 0.333. The van der Waals surface area contributed by atoms with E-state index in [1.807, 2.05) is 19.1 Å². The molecule has 1 fully saturated rings. The van der Waals surface area contributed by atoms with Crippen LogP contribution in [-0.2, 0) is 9.53 Å². The van der Waals surface area contributed by atoms with E-state index in [4.69, 9.17) is 4.74 Å². The Labute approximate surface area is 204 Å². The van der Waals surface area contributed by atoms with Gasteiger partial charge >= 0.3 is 6.09 Å². The number of amides is 2. The lowest BCUT2D eigenvalue weighted by molar-refractivity contribution is -0.127. The molecule has 35 heavy (non-hydrogen) atoms. The molecule has 1 saturated heterocycles. The third-order valence-electron chi connectivity index (χ3n) is 5.93. The average Bonchev–Trinajstić information content (AvgIpc) is 3.23. The summed E-state index contributed by atoms with van der Waals surface area (Å²) < 4.78 is 6.81. The molecular formula is C27H29N3O5. The van der Waals surface area contributed by atoms with Crippen molar-refractivity contribution in [2.45, 2.75) is 33.3 Å². The molecule has 4 rings (SSSR count). The van der Waals surface area contributed by atoms with Gasteiger partial charge in [-0.3, -0.25) is 19.0 Å². The van der Waals surface area contributed by atoms with Gasteiger partial charge in [0.15, 0.2) is 0 Å². The number of aromatic nitrogens is 1. The summed E-state index contributed by atoms with van der Waals surface area (Å²) in [7, 11) is 0. The van der Waals surface area contributed by atoms with Gasteiger partial charge in [0.25, 0.3) is 17.6 Å². The number of aryl methyl sites for hydroxylation is 1. The molecule has 2 heterocycles. The Kier molecular flexibility index (Phi) is 6.47. The van der Waals surface area contributed by atoms with Gasteiger partial charge in [0.1, 0.15) is 5.60 Å². The Morgan fingerprint density at radius 1 is 0.829 bits per heavy atom. The first-order valence-corrected chi connectivity index (χ1v) is 11.6. The number of benzene rings is 2. The topological polar surface area (TPSA) is 88.9 Å². The number of ether oxygens (including phenoxy) is 1. The quantitative estimate of drug-likeness (QED) is 0.423. The van der Waals surface area contributed by atoms with Crippen LogP contribution in [0.1, 0.15) is 47.1 Å². The highest BCUT2D eigenvalue weighted by molar-refractivity contribution is 6.45. The van der Waals surface area contributed by atoms with E-state index in [1.165, 1.54) is 15.7 Å². The Morgan fingerprint density at radius 3 is 2.09 bits per heavy atom. The van der Waals surface area contributed by atoms with Crippen molar-refractivity contribution < 1.29 is 23.9 Å². The third-order valence-corrected chi connectivity index (χ3v) is 5.93. The summed E-state index contributed by atoms with van der Waals surface area (Å²) in [6, 6.07) is 14.3. The molecule has 0 aliphatic carbocycles. The second-order valence-corrected chi connectivity index (χ2v) is 9.64. The van der Waals surface area contributed by atoms with Crippen LogP contribution < -0.4 is 0 Å². The van der Waals surface area contributed by atoms with Crippen molar-refractivity contribution in [3.8, 4) is 0 Å². The maximum atomic E-state index is 13.3. The molecule has 0 N–H and O–H groups in total. The molecule has 2 amide bonds. The van der Waals surface area contributed by atoms with E-state index in [1.54, 1.807) is 62.1 Å². The summed E-state index contributed by atoms with van der Waals surface area (Å²) in [5.74, 6) is -1.44. The summed E-state index contributed by atoms with van der Waals surface area (Å²) in [6.45, 7) is 8.32. The van der Waals surface area contributed by atoms with Crippen LogP contribution in [0.3, 0.4) is 0 Å². The minimum absolute atomic E-state index is 0.0973. The lowest BCUT2D eigenvalue weighted by atomic mass is 10.1. The Bertz CT molecular complexity index is 1300. The van der Waals surface area contributed by atoms with Crippen molar-refractivity contribution in [3.05, 3.63) is 71.4 Å². The highest BCUT2D eigenvalue weighted by atomic mass is 16.6. The minimum atomic E-state index is -0.715. The van der Waals surface area contributed by atoms with Crippen LogP contribution in [0.15, 0.2) is 54.7 Å². The zero-order chi connectivity index (χ0) is 25.3. The average molecular weight is 476 g/mol. The molecule has 0 radical (unpaired) electrons. The molecular weight excluding hydrogens is 446 g/mol. The van der Waals surface area contributed by atoms with Crippen molar-refractivity contribution in [3.63, 3.8) is 0 Å². The number of carbonyl (C=O) groups is 4. The molecule has 0 spiro atoms. The molecule has 0 saturated carbocycles. The van der Waals surface area contributed by atoms with Gasteiger partial charge in [-0.2, -0.15) is 0 Å². The van der Waals surface area contributed by atoms with Gasteiger partial charge in [-0.15, -0.1) is 0 Å². The normalized spacial score (nSPS) is 14.2. The lowest BCUT2D eigenvalue weighted by Gasteiger charge is -2.34. The molecule has 1 aliphatic rings. The van der Waals surface area contributed by atoms with Crippen LogP contribution in [0.2, 0.25) is 0 Å². The van der Waals surface area contributed by atoms with E-state index < -0.39 is 23.4 Å². The number of piperazine rings is 1. The monoisotopic (exact) mass is 475 g/mol.